The van der Waals surface area contributed by atoms with Gasteiger partial charge in [0.25, 0.3) is 5.91 Å². The molecule has 0 saturated carbocycles. The number of carbonyl (C=O) groups excluding carboxylic acids is 1. The van der Waals surface area contributed by atoms with E-state index in [4.69, 9.17) is 8.94 Å². The zero-order chi connectivity index (χ0) is 14.7. The van der Waals surface area contributed by atoms with E-state index in [1.165, 1.54) is 6.26 Å². The Bertz CT molecular complexity index is 730. The maximum absolute atomic E-state index is 11.9. The van der Waals surface area contributed by atoms with Crippen molar-refractivity contribution < 1.29 is 13.7 Å². The predicted octanol–water partition coefficient (Wildman–Crippen LogP) is 3.17. The summed E-state index contributed by atoms with van der Waals surface area (Å²) in [5, 5.41) is 6.88. The summed E-state index contributed by atoms with van der Waals surface area (Å²) < 4.78 is 10.3. The van der Waals surface area contributed by atoms with Crippen LogP contribution in [0.25, 0.3) is 11.3 Å². The van der Waals surface area contributed by atoms with Crippen molar-refractivity contribution in [2.75, 3.05) is 0 Å². The highest BCUT2D eigenvalue weighted by molar-refractivity contribution is 5.91. The van der Waals surface area contributed by atoms with E-state index in [0.717, 1.165) is 16.8 Å². The molecule has 106 valence electrons. The summed E-state index contributed by atoms with van der Waals surface area (Å²) in [7, 11) is 0. The van der Waals surface area contributed by atoms with Gasteiger partial charge >= 0.3 is 0 Å². The van der Waals surface area contributed by atoms with E-state index < -0.39 is 0 Å². The molecule has 0 aliphatic carbocycles. The molecule has 3 rings (SSSR count). The summed E-state index contributed by atoms with van der Waals surface area (Å²) >= 11 is 0. The minimum absolute atomic E-state index is 0.264. The van der Waals surface area contributed by atoms with Gasteiger partial charge in [0.05, 0.1) is 6.26 Å². The summed E-state index contributed by atoms with van der Waals surface area (Å²) in [5.41, 5.74) is 2.56. The van der Waals surface area contributed by atoms with Crippen molar-refractivity contribution in [2.45, 2.75) is 13.5 Å². The lowest BCUT2D eigenvalue weighted by Gasteiger charge is -2.04. The van der Waals surface area contributed by atoms with Gasteiger partial charge in [0.15, 0.2) is 5.76 Å². The number of rotatable bonds is 4. The van der Waals surface area contributed by atoms with Gasteiger partial charge in [-0.25, -0.2) is 0 Å². The molecule has 5 heteroatoms. The first-order valence-corrected chi connectivity index (χ1v) is 6.58. The van der Waals surface area contributed by atoms with E-state index >= 15 is 0 Å². The number of aromatic nitrogens is 1. The molecule has 21 heavy (non-hydrogen) atoms. The van der Waals surface area contributed by atoms with Gasteiger partial charge in [0.2, 0.25) is 0 Å². The van der Waals surface area contributed by atoms with Crippen LogP contribution in [-0.2, 0) is 6.54 Å². The summed E-state index contributed by atoms with van der Waals surface area (Å²) in [6.45, 7) is 2.16. The largest absolute Gasteiger partial charge is 0.459 e. The topological polar surface area (TPSA) is 68.3 Å². The van der Waals surface area contributed by atoms with Gasteiger partial charge in [-0.15, -0.1) is 0 Å². The second kappa shape index (κ2) is 5.66. The number of furan rings is 1. The molecule has 0 bridgehead atoms. The van der Waals surface area contributed by atoms with Gasteiger partial charge in [0.1, 0.15) is 11.5 Å². The molecule has 0 atom stereocenters. The highest BCUT2D eigenvalue weighted by Gasteiger charge is 2.16. The standard InChI is InChI=1S/C16H14N2O3/c1-11-13(10-17-16(19)14-8-5-9-20-14)15(18-21-11)12-6-3-2-4-7-12/h2-9H,10H2,1H3,(H,17,19). The smallest absolute Gasteiger partial charge is 0.287 e. The van der Waals surface area contributed by atoms with E-state index in [1.807, 2.05) is 37.3 Å². The lowest BCUT2D eigenvalue weighted by molar-refractivity contribution is 0.0923. The SMILES string of the molecule is Cc1onc(-c2ccccc2)c1CNC(=O)c1ccco1. The van der Waals surface area contributed by atoms with Crippen molar-refractivity contribution in [1.29, 1.82) is 0 Å². The molecule has 2 aromatic heterocycles. The monoisotopic (exact) mass is 282 g/mol. The van der Waals surface area contributed by atoms with Gasteiger partial charge in [-0.2, -0.15) is 0 Å². The molecular weight excluding hydrogens is 268 g/mol. The fourth-order valence-electron chi connectivity index (χ4n) is 2.09. The molecule has 0 aliphatic heterocycles. The summed E-state index contributed by atoms with van der Waals surface area (Å²) in [4.78, 5) is 11.9. The average Bonchev–Trinajstić information content (AvgIpc) is 3.16. The second-order valence-electron chi connectivity index (χ2n) is 4.59. The molecule has 1 amide bonds. The Morgan fingerprint density at radius 1 is 1.19 bits per heavy atom. The van der Waals surface area contributed by atoms with Crippen molar-refractivity contribution in [3.8, 4) is 11.3 Å². The minimum atomic E-state index is -0.264. The van der Waals surface area contributed by atoms with Crippen LogP contribution in [0, 0.1) is 6.92 Å². The zero-order valence-electron chi connectivity index (χ0n) is 11.5. The van der Waals surface area contributed by atoms with Crippen LogP contribution in [0.4, 0.5) is 0 Å². The molecule has 1 N–H and O–H groups in total. The molecule has 3 aromatic rings. The van der Waals surface area contributed by atoms with Crippen LogP contribution >= 0.6 is 0 Å². The summed E-state index contributed by atoms with van der Waals surface area (Å²) in [5.74, 6) is 0.707. The quantitative estimate of drug-likeness (QED) is 0.798. The molecular formula is C16H14N2O3. The number of nitrogens with one attached hydrogen (secondary N) is 1. The van der Waals surface area contributed by atoms with Crippen molar-refractivity contribution in [3.05, 3.63) is 65.8 Å². The Morgan fingerprint density at radius 2 is 2.00 bits per heavy atom. The van der Waals surface area contributed by atoms with Crippen LogP contribution < -0.4 is 5.32 Å². The average molecular weight is 282 g/mol. The molecule has 0 fully saturated rings. The van der Waals surface area contributed by atoms with Gasteiger partial charge in [-0.05, 0) is 19.1 Å². The van der Waals surface area contributed by atoms with Crippen molar-refractivity contribution in [3.63, 3.8) is 0 Å². The van der Waals surface area contributed by atoms with Gasteiger partial charge in [-0.3, -0.25) is 4.79 Å². The second-order valence-corrected chi connectivity index (χ2v) is 4.59. The highest BCUT2D eigenvalue weighted by Crippen LogP contribution is 2.24. The molecule has 0 aliphatic rings. The van der Waals surface area contributed by atoms with Crippen LogP contribution in [0.15, 0.2) is 57.7 Å². The molecule has 0 unspecified atom stereocenters. The van der Waals surface area contributed by atoms with Gasteiger partial charge in [0, 0.05) is 17.7 Å². The number of hydrogen-bond donors (Lipinski definition) is 1. The molecule has 0 radical (unpaired) electrons. The number of hydrogen-bond acceptors (Lipinski definition) is 4. The molecule has 1 aromatic carbocycles. The molecule has 0 saturated heterocycles. The Balaban J connectivity index is 1.80. The maximum atomic E-state index is 11.9. The first-order valence-electron chi connectivity index (χ1n) is 6.58. The molecule has 2 heterocycles. The first kappa shape index (κ1) is 13.2. The van der Waals surface area contributed by atoms with Crippen LogP contribution in [0.2, 0.25) is 0 Å². The number of nitrogens with zero attached hydrogens (tertiary/aromatic N) is 1. The number of carbonyl (C=O) groups is 1. The Hall–Kier alpha value is -2.82. The first-order chi connectivity index (χ1) is 10.3. The maximum Gasteiger partial charge on any atom is 0.287 e. The third-order valence-corrected chi connectivity index (χ3v) is 3.20. The number of aryl methyl sites for hydroxylation is 1. The normalized spacial score (nSPS) is 10.5. The lowest BCUT2D eigenvalue weighted by Crippen LogP contribution is -2.22. The fraction of sp³-hybridized carbons (Fsp3) is 0.125. The van der Waals surface area contributed by atoms with Crippen LogP contribution in [0.5, 0.6) is 0 Å². The number of benzene rings is 1. The van der Waals surface area contributed by atoms with Crippen LogP contribution in [0.1, 0.15) is 21.9 Å². The number of amides is 1. The zero-order valence-corrected chi connectivity index (χ0v) is 11.5. The fourth-order valence-corrected chi connectivity index (χ4v) is 2.09. The third kappa shape index (κ3) is 2.72. The van der Waals surface area contributed by atoms with E-state index in [0.29, 0.717) is 12.3 Å². The van der Waals surface area contributed by atoms with Crippen LogP contribution in [0.3, 0.4) is 0 Å². The summed E-state index contributed by atoms with van der Waals surface area (Å²) in [6.07, 6.45) is 1.47. The minimum Gasteiger partial charge on any atom is -0.459 e. The van der Waals surface area contributed by atoms with Crippen LogP contribution in [-0.4, -0.2) is 11.1 Å². The Labute approximate surface area is 121 Å². The van der Waals surface area contributed by atoms with Crippen molar-refractivity contribution in [2.24, 2.45) is 0 Å². The molecule has 0 spiro atoms. The van der Waals surface area contributed by atoms with E-state index in [9.17, 15) is 4.79 Å². The van der Waals surface area contributed by atoms with E-state index in [2.05, 4.69) is 10.5 Å². The Morgan fingerprint density at radius 3 is 2.71 bits per heavy atom. The van der Waals surface area contributed by atoms with Gasteiger partial charge in [-0.1, -0.05) is 35.5 Å². The third-order valence-electron chi connectivity index (χ3n) is 3.20. The van der Waals surface area contributed by atoms with E-state index in [1.54, 1.807) is 12.1 Å². The Kier molecular flexibility index (Phi) is 3.55. The van der Waals surface area contributed by atoms with Gasteiger partial charge < -0.3 is 14.3 Å². The molecule has 5 nitrogen and oxygen atoms in total. The lowest BCUT2D eigenvalue weighted by atomic mass is 10.1. The predicted molar refractivity (Wildman–Crippen MR) is 76.6 cm³/mol. The van der Waals surface area contributed by atoms with E-state index in [-0.39, 0.29) is 11.7 Å². The van der Waals surface area contributed by atoms with Crippen molar-refractivity contribution in [1.82, 2.24) is 10.5 Å². The highest BCUT2D eigenvalue weighted by atomic mass is 16.5. The van der Waals surface area contributed by atoms with Crippen molar-refractivity contribution >= 4 is 5.91 Å². The summed E-state index contributed by atoms with van der Waals surface area (Å²) in [6, 6.07) is 13.0.